The zero-order valence-electron chi connectivity index (χ0n) is 40.7. The zero-order chi connectivity index (χ0) is 50.9. The van der Waals surface area contributed by atoms with Crippen LogP contribution in [0.2, 0.25) is 0 Å². The highest BCUT2D eigenvalue weighted by molar-refractivity contribution is 7.47. The van der Waals surface area contributed by atoms with E-state index in [0.29, 0.717) is 31.5 Å². The smallest absolute Gasteiger partial charge is 0.466 e. The first-order chi connectivity index (χ1) is 32.2. The Kier molecular flexibility index (Phi) is 35.8. The van der Waals surface area contributed by atoms with Crippen molar-refractivity contribution in [1.82, 2.24) is 0 Å². The van der Waals surface area contributed by atoms with Gasteiger partial charge in [0.25, 0.3) is 0 Å². The van der Waals surface area contributed by atoms with Crippen molar-refractivity contribution in [3.8, 4) is 0 Å². The molecule has 0 aromatic heterocycles. The molecule has 0 bridgehead atoms. The number of hydrogen-bond acceptors (Lipinski definition) is 15. The molecule has 0 saturated heterocycles. The lowest BCUT2D eigenvalue weighted by atomic mass is 9.85. The minimum absolute atomic E-state index is 0.0168. The van der Waals surface area contributed by atoms with Gasteiger partial charge in [0.05, 0.1) is 19.6 Å². The van der Waals surface area contributed by atoms with Crippen LogP contribution in [0.4, 0.5) is 0 Å². The third kappa shape index (κ3) is 33.5. The van der Waals surface area contributed by atoms with Crippen LogP contribution >= 0.6 is 23.5 Å². The Labute approximate surface area is 404 Å². The standard InChI is InChI=1S/C45H87O20P3/c1-3-5-6-7-8-9-10-12-16-19-22-25-28-32-38(47)62-37(34-39(48)60-33-29-26-23-20-17-14-11-13-15-18-21-24-27-31-36(46)30-4-2)35-61-68(58,59)65-43-40(49)41(50)44(63-66(52,53)54)45(42(43)51)64-67(55,56)57/h37,40-45,49-51H,3-35H2,1-2H3,(H,58,59)(H2,52,53,54)(H2,55,56,57)/t37-,40?,41+,42-,43?,44?,45-/m1/s1. The number of hydrogen-bond donors (Lipinski definition) is 8. The monoisotopic (exact) mass is 1040 g/mol. The predicted octanol–water partition coefficient (Wildman–Crippen LogP) is 8.70. The first-order valence-electron chi connectivity index (χ1n) is 25.2. The molecular weight excluding hydrogens is 953 g/mol. The summed E-state index contributed by atoms with van der Waals surface area (Å²) in [6.07, 6.45) is 13.2. The molecule has 0 radical (unpaired) electrons. The van der Waals surface area contributed by atoms with Crippen LogP contribution in [0.5, 0.6) is 0 Å². The third-order valence-electron chi connectivity index (χ3n) is 11.8. The van der Waals surface area contributed by atoms with Crippen molar-refractivity contribution < 1.29 is 95.4 Å². The fourth-order valence-electron chi connectivity index (χ4n) is 8.08. The summed E-state index contributed by atoms with van der Waals surface area (Å²) < 4.78 is 65.5. The summed E-state index contributed by atoms with van der Waals surface area (Å²) >= 11 is 0. The number of aliphatic hydroxyl groups excluding tert-OH is 3. The molecule has 402 valence electrons. The van der Waals surface area contributed by atoms with E-state index in [1.165, 1.54) is 77.0 Å². The topological polar surface area (TPSA) is 320 Å². The number of Topliss-reactive ketones (excluding diaryl/α,β-unsaturated/α-hetero) is 1. The lowest BCUT2D eigenvalue weighted by molar-refractivity contribution is -0.213. The van der Waals surface area contributed by atoms with E-state index in [2.05, 4.69) is 16.0 Å². The van der Waals surface area contributed by atoms with E-state index < -0.39 is 91.2 Å². The second-order valence-electron chi connectivity index (χ2n) is 18.1. The van der Waals surface area contributed by atoms with Crippen molar-refractivity contribution in [2.45, 2.75) is 256 Å². The van der Waals surface area contributed by atoms with E-state index in [1.807, 2.05) is 6.92 Å². The molecule has 0 heterocycles. The van der Waals surface area contributed by atoms with E-state index in [4.69, 9.17) is 18.5 Å². The van der Waals surface area contributed by atoms with Crippen LogP contribution in [0.1, 0.15) is 213 Å². The average molecular weight is 1040 g/mol. The Morgan fingerprint density at radius 3 is 1.29 bits per heavy atom. The van der Waals surface area contributed by atoms with Crippen LogP contribution < -0.4 is 0 Å². The number of carbonyl (C=O) groups is 3. The number of ketones is 1. The van der Waals surface area contributed by atoms with Gasteiger partial charge in [0, 0.05) is 19.3 Å². The molecule has 0 aromatic carbocycles. The van der Waals surface area contributed by atoms with Gasteiger partial charge < -0.3 is 49.3 Å². The van der Waals surface area contributed by atoms with Crippen molar-refractivity contribution in [2.75, 3.05) is 13.2 Å². The van der Waals surface area contributed by atoms with Crippen LogP contribution in [-0.2, 0) is 55.6 Å². The predicted molar refractivity (Wildman–Crippen MR) is 253 cm³/mol. The summed E-state index contributed by atoms with van der Waals surface area (Å²) in [4.78, 5) is 85.1. The third-order valence-corrected chi connectivity index (χ3v) is 13.8. The van der Waals surface area contributed by atoms with E-state index in [9.17, 15) is 67.9 Å². The molecule has 23 heteroatoms. The molecule has 1 aliphatic rings. The molecular formula is C45H87O20P3. The minimum Gasteiger partial charge on any atom is -0.466 e. The van der Waals surface area contributed by atoms with Crippen LogP contribution in [0.3, 0.4) is 0 Å². The number of carbonyl (C=O) groups excluding carboxylic acids is 3. The summed E-state index contributed by atoms with van der Waals surface area (Å²) in [5, 5.41) is 31.9. The Morgan fingerprint density at radius 1 is 0.456 bits per heavy atom. The molecule has 0 amide bonds. The fourth-order valence-corrected chi connectivity index (χ4v) is 10.2. The van der Waals surface area contributed by atoms with Crippen molar-refractivity contribution in [3.05, 3.63) is 0 Å². The Bertz CT molecular complexity index is 1490. The highest BCUT2D eigenvalue weighted by Gasteiger charge is 2.56. The molecule has 0 spiro atoms. The first-order valence-corrected chi connectivity index (χ1v) is 29.8. The van der Waals surface area contributed by atoms with Crippen molar-refractivity contribution in [1.29, 1.82) is 0 Å². The SMILES string of the molecule is CCCCCCCCCCCCCCCC(=O)O[C@@H](COP(=O)(O)OC1C(O)[C@H](O)C(OP(=O)(O)O)[C@H](OP(=O)(O)O)[C@@H]1O)CC(=O)OCCCCCCCCCCCCCCCC(=O)CCC. The molecule has 4 unspecified atom stereocenters. The van der Waals surface area contributed by atoms with Gasteiger partial charge in [-0.1, -0.05) is 162 Å². The van der Waals surface area contributed by atoms with E-state index in [1.54, 1.807) is 0 Å². The molecule has 20 nitrogen and oxygen atoms in total. The Hall–Kier alpha value is -1.18. The van der Waals surface area contributed by atoms with E-state index >= 15 is 0 Å². The first kappa shape index (κ1) is 64.8. The van der Waals surface area contributed by atoms with E-state index in [0.717, 1.165) is 83.5 Å². The van der Waals surface area contributed by atoms with Crippen molar-refractivity contribution in [2.24, 2.45) is 0 Å². The molecule has 0 aliphatic heterocycles. The number of esters is 2. The van der Waals surface area contributed by atoms with Gasteiger partial charge in [0.2, 0.25) is 0 Å². The number of aliphatic hydroxyl groups is 3. The summed E-state index contributed by atoms with van der Waals surface area (Å²) in [6.45, 7) is 3.36. The van der Waals surface area contributed by atoms with Gasteiger partial charge >= 0.3 is 35.4 Å². The number of phosphoric ester groups is 3. The lowest BCUT2D eigenvalue weighted by Crippen LogP contribution is -2.65. The maximum atomic E-state index is 13.1. The van der Waals surface area contributed by atoms with Gasteiger partial charge in [-0.05, 0) is 25.7 Å². The molecule has 0 aromatic rings. The normalized spacial score (nSPS) is 21.3. The molecule has 1 fully saturated rings. The Morgan fingerprint density at radius 2 is 0.853 bits per heavy atom. The van der Waals surface area contributed by atoms with Crippen molar-refractivity contribution >= 4 is 41.2 Å². The fraction of sp³-hybridized carbons (Fsp3) is 0.933. The van der Waals surface area contributed by atoms with Gasteiger partial charge in [0.15, 0.2) is 0 Å². The second-order valence-corrected chi connectivity index (χ2v) is 21.9. The molecule has 68 heavy (non-hydrogen) atoms. The van der Waals surface area contributed by atoms with E-state index in [-0.39, 0.29) is 13.0 Å². The van der Waals surface area contributed by atoms with Crippen molar-refractivity contribution in [3.63, 3.8) is 0 Å². The molecule has 8 atom stereocenters. The van der Waals surface area contributed by atoms with Gasteiger partial charge in [0.1, 0.15) is 48.5 Å². The highest BCUT2D eigenvalue weighted by Crippen LogP contribution is 2.51. The summed E-state index contributed by atoms with van der Waals surface area (Å²) in [5.74, 6) is -1.14. The largest absolute Gasteiger partial charge is 0.472 e. The van der Waals surface area contributed by atoms with Gasteiger partial charge in [-0.15, -0.1) is 0 Å². The molecule has 1 saturated carbocycles. The van der Waals surface area contributed by atoms with Crippen LogP contribution in [0.15, 0.2) is 0 Å². The van der Waals surface area contributed by atoms with Gasteiger partial charge in [-0.3, -0.25) is 32.5 Å². The zero-order valence-corrected chi connectivity index (χ0v) is 43.4. The lowest BCUT2D eigenvalue weighted by Gasteiger charge is -2.44. The number of phosphoric acid groups is 3. The summed E-state index contributed by atoms with van der Waals surface area (Å²) in [5.41, 5.74) is 0. The van der Waals surface area contributed by atoms with Gasteiger partial charge in [-0.25, -0.2) is 13.7 Å². The van der Waals surface area contributed by atoms with Crippen LogP contribution in [0.25, 0.3) is 0 Å². The minimum atomic E-state index is -5.61. The number of rotatable bonds is 44. The molecule has 1 rings (SSSR count). The number of ether oxygens (including phenoxy) is 2. The summed E-state index contributed by atoms with van der Waals surface area (Å²) in [7, 11) is -16.6. The maximum Gasteiger partial charge on any atom is 0.472 e. The average Bonchev–Trinajstić information content (AvgIpc) is 3.25. The molecule has 1 aliphatic carbocycles. The van der Waals surface area contributed by atoms with Gasteiger partial charge in [-0.2, -0.15) is 0 Å². The van der Waals surface area contributed by atoms with Crippen LogP contribution in [0, 0.1) is 0 Å². The second kappa shape index (κ2) is 37.5. The summed E-state index contributed by atoms with van der Waals surface area (Å²) in [6, 6.07) is 0. The maximum absolute atomic E-state index is 13.1. The Balaban J connectivity index is 2.67. The molecule has 8 N–H and O–H groups in total. The number of unbranched alkanes of at least 4 members (excludes halogenated alkanes) is 24. The van der Waals surface area contributed by atoms with Crippen LogP contribution in [-0.4, -0.2) is 113 Å². The quantitative estimate of drug-likeness (QED) is 0.0161. The highest BCUT2D eigenvalue weighted by atomic mass is 31.2.